The van der Waals surface area contributed by atoms with E-state index in [0.29, 0.717) is 6.42 Å². The molecule has 32 heavy (non-hydrogen) atoms. The summed E-state index contributed by atoms with van der Waals surface area (Å²) < 4.78 is 21.8. The summed E-state index contributed by atoms with van der Waals surface area (Å²) in [6.07, 6.45) is 1.57. The van der Waals surface area contributed by atoms with E-state index in [1.54, 1.807) is 6.92 Å². The van der Waals surface area contributed by atoms with Gasteiger partial charge in [-0.15, -0.1) is 0 Å². The standard InChI is InChI=1S/C22H28O10/c1-12(5-8-23)18(25)30-16-10-21(4,27)22(28)7-6-20(3,32-22)9-15-17(16)14(19(26)31-15)11-29-13(2)24/h5,9,16,23,27-28H,6-8,10-11H2,1-4H3/b12-5+,15-9+/t16-,20-,21+,22+/m0/s1. The Morgan fingerprint density at radius 2 is 1.94 bits per heavy atom. The summed E-state index contributed by atoms with van der Waals surface area (Å²) in [4.78, 5) is 36.6. The molecule has 0 radical (unpaired) electrons. The monoisotopic (exact) mass is 452 g/mol. The van der Waals surface area contributed by atoms with E-state index in [1.165, 1.54) is 32.9 Å². The van der Waals surface area contributed by atoms with Crippen molar-refractivity contribution in [2.75, 3.05) is 13.2 Å². The molecule has 0 aromatic rings. The van der Waals surface area contributed by atoms with Crippen LogP contribution in [0, 0.1) is 0 Å². The Balaban J connectivity index is 2.15. The molecule has 0 unspecified atom stereocenters. The summed E-state index contributed by atoms with van der Waals surface area (Å²) in [7, 11) is 0. The fraction of sp³-hybridized carbons (Fsp3) is 0.591. The second-order valence-corrected chi connectivity index (χ2v) is 8.71. The van der Waals surface area contributed by atoms with Gasteiger partial charge in [-0.25, -0.2) is 9.59 Å². The van der Waals surface area contributed by atoms with Crippen molar-refractivity contribution < 1.29 is 48.7 Å². The third kappa shape index (κ3) is 4.49. The molecule has 0 spiro atoms. The van der Waals surface area contributed by atoms with E-state index in [1.807, 2.05) is 0 Å². The first kappa shape index (κ1) is 24.1. The topological polar surface area (TPSA) is 149 Å². The second-order valence-electron chi connectivity index (χ2n) is 8.71. The number of hydrogen-bond acceptors (Lipinski definition) is 10. The summed E-state index contributed by atoms with van der Waals surface area (Å²) >= 11 is 0. The highest BCUT2D eigenvalue weighted by Crippen LogP contribution is 2.49. The molecule has 0 saturated carbocycles. The van der Waals surface area contributed by atoms with Crippen LogP contribution in [0.5, 0.6) is 0 Å². The van der Waals surface area contributed by atoms with Crippen LogP contribution in [0.15, 0.2) is 34.6 Å². The molecule has 0 aliphatic carbocycles. The van der Waals surface area contributed by atoms with E-state index in [9.17, 15) is 24.6 Å². The quantitative estimate of drug-likeness (QED) is 0.307. The molecular formula is C22H28O10. The van der Waals surface area contributed by atoms with Gasteiger partial charge in [0.2, 0.25) is 0 Å². The maximum Gasteiger partial charge on any atom is 0.343 e. The predicted octanol–water partition coefficient (Wildman–Crippen LogP) is 0.550. The van der Waals surface area contributed by atoms with E-state index < -0.39 is 47.6 Å². The van der Waals surface area contributed by atoms with Gasteiger partial charge in [-0.1, -0.05) is 0 Å². The third-order valence-electron chi connectivity index (χ3n) is 5.97. The second kappa shape index (κ2) is 8.43. The number of carbonyl (C=O) groups excluding carboxylic acids is 3. The minimum absolute atomic E-state index is 0.0443. The van der Waals surface area contributed by atoms with Crippen molar-refractivity contribution in [2.45, 2.75) is 70.1 Å². The predicted molar refractivity (Wildman–Crippen MR) is 107 cm³/mol. The molecule has 3 aliphatic heterocycles. The average molecular weight is 452 g/mol. The largest absolute Gasteiger partial charge is 0.461 e. The van der Waals surface area contributed by atoms with Crippen LogP contribution in [0.1, 0.15) is 47.0 Å². The van der Waals surface area contributed by atoms with Gasteiger partial charge in [0.15, 0.2) is 5.79 Å². The molecule has 2 bridgehead atoms. The van der Waals surface area contributed by atoms with Crippen LogP contribution < -0.4 is 0 Å². The maximum absolute atomic E-state index is 12.6. The fourth-order valence-electron chi connectivity index (χ4n) is 4.07. The molecular weight excluding hydrogens is 424 g/mol. The third-order valence-corrected chi connectivity index (χ3v) is 5.97. The zero-order chi connectivity index (χ0) is 23.9. The number of rotatable bonds is 5. The first-order valence-electron chi connectivity index (χ1n) is 10.3. The van der Waals surface area contributed by atoms with Crippen LogP contribution in [0.25, 0.3) is 0 Å². The molecule has 3 heterocycles. The van der Waals surface area contributed by atoms with Gasteiger partial charge in [0.05, 0.1) is 17.8 Å². The first-order valence-corrected chi connectivity index (χ1v) is 10.3. The van der Waals surface area contributed by atoms with Crippen molar-refractivity contribution in [1.82, 2.24) is 0 Å². The molecule has 1 saturated heterocycles. The molecule has 10 nitrogen and oxygen atoms in total. The summed E-state index contributed by atoms with van der Waals surface area (Å²) in [5, 5.41) is 31.3. The van der Waals surface area contributed by atoms with Crippen molar-refractivity contribution in [2.24, 2.45) is 0 Å². The number of aliphatic hydroxyl groups is 3. The van der Waals surface area contributed by atoms with Gasteiger partial charge in [-0.05, 0) is 39.3 Å². The fourth-order valence-corrected chi connectivity index (χ4v) is 4.07. The number of esters is 3. The molecule has 10 heteroatoms. The average Bonchev–Trinajstić information content (AvgIpc) is 3.15. The number of hydrogen-bond donors (Lipinski definition) is 3. The van der Waals surface area contributed by atoms with Crippen LogP contribution in [-0.4, -0.2) is 69.5 Å². The van der Waals surface area contributed by atoms with Crippen molar-refractivity contribution in [3.05, 3.63) is 34.6 Å². The van der Waals surface area contributed by atoms with Gasteiger partial charge in [0.1, 0.15) is 24.1 Å². The molecule has 0 aromatic heterocycles. The summed E-state index contributed by atoms with van der Waals surface area (Å²) in [6, 6.07) is 0. The molecule has 1 fully saturated rings. The van der Waals surface area contributed by atoms with Crippen LogP contribution in [-0.2, 0) is 33.3 Å². The Morgan fingerprint density at radius 1 is 1.25 bits per heavy atom. The number of fused-ring (bicyclic) bond motifs is 3. The molecule has 3 N–H and O–H groups in total. The highest BCUT2D eigenvalue weighted by molar-refractivity contribution is 5.96. The Bertz CT molecular complexity index is 927. The molecule has 0 aromatic carbocycles. The van der Waals surface area contributed by atoms with E-state index in [2.05, 4.69) is 0 Å². The lowest BCUT2D eigenvalue weighted by molar-refractivity contribution is -0.298. The van der Waals surface area contributed by atoms with E-state index >= 15 is 0 Å². The van der Waals surface area contributed by atoms with Gasteiger partial charge in [-0.3, -0.25) is 4.79 Å². The zero-order valence-electron chi connectivity index (χ0n) is 18.5. The van der Waals surface area contributed by atoms with Crippen LogP contribution in [0.2, 0.25) is 0 Å². The Labute approximate surface area is 185 Å². The lowest BCUT2D eigenvalue weighted by Gasteiger charge is -2.40. The van der Waals surface area contributed by atoms with Gasteiger partial charge < -0.3 is 34.3 Å². The Kier molecular flexibility index (Phi) is 6.36. The van der Waals surface area contributed by atoms with Crippen LogP contribution in [0.4, 0.5) is 0 Å². The lowest BCUT2D eigenvalue weighted by atomic mass is 9.82. The minimum Gasteiger partial charge on any atom is -0.461 e. The van der Waals surface area contributed by atoms with Gasteiger partial charge in [0.25, 0.3) is 0 Å². The Morgan fingerprint density at radius 3 is 2.56 bits per heavy atom. The van der Waals surface area contributed by atoms with Gasteiger partial charge in [0, 0.05) is 30.9 Å². The highest BCUT2D eigenvalue weighted by Gasteiger charge is 2.58. The maximum atomic E-state index is 12.6. The minimum atomic E-state index is -1.95. The van der Waals surface area contributed by atoms with Crippen molar-refractivity contribution in [1.29, 1.82) is 0 Å². The normalized spacial score (nSPS) is 36.3. The van der Waals surface area contributed by atoms with Crippen LogP contribution >= 0.6 is 0 Å². The van der Waals surface area contributed by atoms with E-state index in [-0.39, 0.29) is 41.9 Å². The van der Waals surface area contributed by atoms with Gasteiger partial charge >= 0.3 is 17.9 Å². The van der Waals surface area contributed by atoms with E-state index in [4.69, 9.17) is 24.1 Å². The molecule has 3 aliphatic rings. The molecule has 4 atom stereocenters. The summed E-state index contributed by atoms with van der Waals surface area (Å²) in [5.41, 5.74) is -2.78. The number of aliphatic hydroxyl groups excluding tert-OH is 1. The summed E-state index contributed by atoms with van der Waals surface area (Å²) in [6.45, 7) is 4.83. The van der Waals surface area contributed by atoms with Crippen molar-refractivity contribution in [3.8, 4) is 0 Å². The SMILES string of the molecule is CC(=O)OCC1=C2/C(=C\[C@]3(C)CC[C@@](O)(O3)[C@](C)(O)C[C@@H]2OC(=O)/C(C)=C/CO)OC1=O. The molecule has 0 amide bonds. The summed E-state index contributed by atoms with van der Waals surface area (Å²) in [5.74, 6) is -4.12. The molecule has 3 rings (SSSR count). The Hall–Kier alpha value is -2.53. The van der Waals surface area contributed by atoms with Crippen molar-refractivity contribution >= 4 is 17.9 Å². The highest BCUT2D eigenvalue weighted by atomic mass is 16.7. The smallest absolute Gasteiger partial charge is 0.343 e. The number of carbonyl (C=O) groups is 3. The van der Waals surface area contributed by atoms with Crippen molar-refractivity contribution in [3.63, 3.8) is 0 Å². The zero-order valence-corrected chi connectivity index (χ0v) is 18.5. The lowest BCUT2D eigenvalue weighted by Crippen LogP contribution is -2.54. The van der Waals surface area contributed by atoms with E-state index in [0.717, 1.165) is 0 Å². The molecule has 176 valence electrons. The van der Waals surface area contributed by atoms with Gasteiger partial charge in [-0.2, -0.15) is 0 Å². The van der Waals surface area contributed by atoms with Crippen LogP contribution in [0.3, 0.4) is 0 Å². The first-order chi connectivity index (χ1) is 14.8. The number of ether oxygens (including phenoxy) is 4.